The van der Waals surface area contributed by atoms with Crippen LogP contribution in [0, 0.1) is 0 Å². The zero-order valence-corrected chi connectivity index (χ0v) is 8.46. The number of hydrogen-bond donors (Lipinski definition) is 1. The minimum Gasteiger partial charge on any atom is -0.334 e. The maximum absolute atomic E-state index is 12.0. The van der Waals surface area contributed by atoms with Crippen LogP contribution in [-0.4, -0.2) is 15.7 Å². The molecule has 1 heterocycles. The largest absolute Gasteiger partial charge is 0.389 e. The first kappa shape index (κ1) is 12.0. The molecule has 2 N–H and O–H groups in total. The van der Waals surface area contributed by atoms with Crippen molar-refractivity contribution in [3.8, 4) is 0 Å². The molecule has 0 aromatic carbocycles. The lowest BCUT2D eigenvalue weighted by molar-refractivity contribution is -0.136. The Labute approximate surface area is 86.1 Å². The lowest BCUT2D eigenvalue weighted by atomic mass is 10.1. The molecule has 1 rings (SSSR count). The van der Waals surface area contributed by atoms with Gasteiger partial charge < -0.3 is 10.3 Å². The molecule has 3 nitrogen and oxygen atoms in total. The van der Waals surface area contributed by atoms with Crippen LogP contribution in [0.4, 0.5) is 13.2 Å². The number of imidazole rings is 1. The van der Waals surface area contributed by atoms with Crippen LogP contribution in [0.3, 0.4) is 0 Å². The maximum atomic E-state index is 12.0. The van der Waals surface area contributed by atoms with E-state index in [0.717, 1.165) is 0 Å². The van der Waals surface area contributed by atoms with Gasteiger partial charge in [-0.25, -0.2) is 4.98 Å². The molecule has 1 unspecified atom stereocenters. The third-order valence-electron chi connectivity index (χ3n) is 2.16. The average molecular weight is 221 g/mol. The van der Waals surface area contributed by atoms with Gasteiger partial charge in [0.1, 0.15) is 5.82 Å². The summed E-state index contributed by atoms with van der Waals surface area (Å²) in [5, 5.41) is 0. The smallest absolute Gasteiger partial charge is 0.334 e. The summed E-state index contributed by atoms with van der Waals surface area (Å²) >= 11 is 0. The van der Waals surface area contributed by atoms with E-state index in [9.17, 15) is 13.2 Å². The molecule has 1 aromatic rings. The highest BCUT2D eigenvalue weighted by Gasteiger charge is 2.28. The highest BCUT2D eigenvalue weighted by Crippen LogP contribution is 2.25. The molecule has 0 aliphatic heterocycles. The number of nitrogens with zero attached hydrogens (tertiary/aromatic N) is 2. The van der Waals surface area contributed by atoms with Crippen molar-refractivity contribution < 1.29 is 13.2 Å². The van der Waals surface area contributed by atoms with Gasteiger partial charge in [0.2, 0.25) is 0 Å². The van der Waals surface area contributed by atoms with Gasteiger partial charge in [0, 0.05) is 25.4 Å². The molecular weight excluding hydrogens is 207 g/mol. The summed E-state index contributed by atoms with van der Waals surface area (Å²) in [6.45, 7) is 2.55. The molecule has 86 valence electrons. The Hall–Kier alpha value is -1.04. The summed E-state index contributed by atoms with van der Waals surface area (Å²) < 4.78 is 37.6. The van der Waals surface area contributed by atoms with Crippen LogP contribution in [0.25, 0.3) is 0 Å². The zero-order chi connectivity index (χ0) is 11.5. The van der Waals surface area contributed by atoms with Crippen LogP contribution in [-0.2, 0) is 6.54 Å². The van der Waals surface area contributed by atoms with E-state index in [1.807, 2.05) is 6.92 Å². The van der Waals surface area contributed by atoms with Crippen molar-refractivity contribution in [2.24, 2.45) is 5.73 Å². The molecule has 0 bridgehead atoms. The monoisotopic (exact) mass is 221 g/mol. The Kier molecular flexibility index (Phi) is 3.73. The minimum absolute atomic E-state index is 0.124. The molecule has 15 heavy (non-hydrogen) atoms. The van der Waals surface area contributed by atoms with E-state index in [-0.39, 0.29) is 6.42 Å². The number of aromatic nitrogens is 2. The van der Waals surface area contributed by atoms with Crippen LogP contribution in [0.2, 0.25) is 0 Å². The molecule has 1 aromatic heterocycles. The molecule has 0 spiro atoms. The van der Waals surface area contributed by atoms with Crippen molar-refractivity contribution >= 4 is 0 Å². The minimum atomic E-state index is -4.15. The SMILES string of the molecule is CCn1ccnc1C(N)CCC(F)(F)F. The van der Waals surface area contributed by atoms with Crippen molar-refractivity contribution in [1.82, 2.24) is 9.55 Å². The second-order valence-electron chi connectivity index (χ2n) is 3.33. The third-order valence-corrected chi connectivity index (χ3v) is 2.16. The normalized spacial score (nSPS) is 14.2. The van der Waals surface area contributed by atoms with Crippen molar-refractivity contribution in [1.29, 1.82) is 0 Å². The molecule has 0 fully saturated rings. The molecule has 0 radical (unpaired) electrons. The Morgan fingerprint density at radius 1 is 1.53 bits per heavy atom. The van der Waals surface area contributed by atoms with Crippen LogP contribution in [0.1, 0.15) is 31.6 Å². The molecule has 0 saturated heterocycles. The molecular formula is C9H14F3N3. The van der Waals surface area contributed by atoms with Gasteiger partial charge in [-0.2, -0.15) is 13.2 Å². The number of rotatable bonds is 4. The molecule has 0 amide bonds. The van der Waals surface area contributed by atoms with E-state index in [1.54, 1.807) is 17.0 Å². The summed E-state index contributed by atoms with van der Waals surface area (Å²) in [7, 11) is 0. The topological polar surface area (TPSA) is 43.8 Å². The first-order valence-corrected chi connectivity index (χ1v) is 4.77. The Bertz CT molecular complexity index is 306. The Morgan fingerprint density at radius 2 is 2.20 bits per heavy atom. The van der Waals surface area contributed by atoms with E-state index in [2.05, 4.69) is 4.98 Å². The molecule has 1 atom stereocenters. The van der Waals surface area contributed by atoms with E-state index in [0.29, 0.717) is 12.4 Å². The van der Waals surface area contributed by atoms with E-state index in [1.165, 1.54) is 0 Å². The zero-order valence-electron chi connectivity index (χ0n) is 8.46. The first-order valence-electron chi connectivity index (χ1n) is 4.77. The molecule has 6 heteroatoms. The summed E-state index contributed by atoms with van der Waals surface area (Å²) in [4.78, 5) is 3.96. The standard InChI is InChI=1S/C9H14F3N3/c1-2-15-6-5-14-8(15)7(13)3-4-9(10,11)12/h5-7H,2-4,13H2,1H3. The highest BCUT2D eigenvalue weighted by atomic mass is 19.4. The molecule has 0 saturated carbocycles. The molecule has 0 aliphatic carbocycles. The van der Waals surface area contributed by atoms with Crippen molar-refractivity contribution in [2.75, 3.05) is 0 Å². The second kappa shape index (κ2) is 4.65. The average Bonchev–Trinajstić information content (AvgIpc) is 2.60. The fraction of sp³-hybridized carbons (Fsp3) is 0.667. The van der Waals surface area contributed by atoms with E-state index < -0.39 is 18.6 Å². The van der Waals surface area contributed by atoms with Gasteiger partial charge in [0.05, 0.1) is 6.04 Å². The summed E-state index contributed by atoms with van der Waals surface area (Å²) in [6, 6.07) is -0.651. The van der Waals surface area contributed by atoms with Crippen LogP contribution >= 0.6 is 0 Å². The summed E-state index contributed by atoms with van der Waals surface area (Å²) in [5.41, 5.74) is 5.64. The van der Waals surface area contributed by atoms with Crippen LogP contribution in [0.15, 0.2) is 12.4 Å². The summed E-state index contributed by atoms with van der Waals surface area (Å²) in [5.74, 6) is 0.516. The van der Waals surface area contributed by atoms with Crippen LogP contribution < -0.4 is 5.73 Å². The molecule has 0 aliphatic rings. The van der Waals surface area contributed by atoms with Gasteiger partial charge in [-0.15, -0.1) is 0 Å². The number of alkyl halides is 3. The second-order valence-corrected chi connectivity index (χ2v) is 3.33. The predicted molar refractivity (Wildman–Crippen MR) is 50.1 cm³/mol. The van der Waals surface area contributed by atoms with Gasteiger partial charge >= 0.3 is 6.18 Å². The fourth-order valence-electron chi connectivity index (χ4n) is 1.37. The van der Waals surface area contributed by atoms with Crippen molar-refractivity contribution in [3.05, 3.63) is 18.2 Å². The van der Waals surface area contributed by atoms with Crippen LogP contribution in [0.5, 0.6) is 0 Å². The Morgan fingerprint density at radius 3 is 2.73 bits per heavy atom. The lowest BCUT2D eigenvalue weighted by Gasteiger charge is -2.14. The number of aryl methyl sites for hydroxylation is 1. The number of hydrogen-bond acceptors (Lipinski definition) is 2. The van der Waals surface area contributed by atoms with Gasteiger partial charge in [-0.3, -0.25) is 0 Å². The van der Waals surface area contributed by atoms with E-state index >= 15 is 0 Å². The lowest BCUT2D eigenvalue weighted by Crippen LogP contribution is -2.19. The van der Waals surface area contributed by atoms with Gasteiger partial charge in [0.25, 0.3) is 0 Å². The third kappa shape index (κ3) is 3.54. The number of halogens is 3. The predicted octanol–water partition coefficient (Wildman–Crippen LogP) is 2.25. The van der Waals surface area contributed by atoms with Crippen molar-refractivity contribution in [2.45, 2.75) is 38.5 Å². The van der Waals surface area contributed by atoms with E-state index in [4.69, 9.17) is 5.73 Å². The van der Waals surface area contributed by atoms with Gasteiger partial charge in [-0.05, 0) is 13.3 Å². The van der Waals surface area contributed by atoms with Gasteiger partial charge in [0.15, 0.2) is 0 Å². The quantitative estimate of drug-likeness (QED) is 0.847. The summed E-state index contributed by atoms with van der Waals surface area (Å²) in [6.07, 6.45) is -1.89. The highest BCUT2D eigenvalue weighted by molar-refractivity contribution is 4.98. The van der Waals surface area contributed by atoms with Crippen molar-refractivity contribution in [3.63, 3.8) is 0 Å². The fourth-order valence-corrected chi connectivity index (χ4v) is 1.37. The van der Waals surface area contributed by atoms with Gasteiger partial charge in [-0.1, -0.05) is 0 Å². The first-order chi connectivity index (χ1) is 6.94. The maximum Gasteiger partial charge on any atom is 0.389 e. The number of nitrogens with two attached hydrogens (primary N) is 1. The Balaban J connectivity index is 2.57.